The van der Waals surface area contributed by atoms with E-state index in [4.69, 9.17) is 16.6 Å². The second-order valence-corrected chi connectivity index (χ2v) is 3.84. The van der Waals surface area contributed by atoms with Gasteiger partial charge in [-0.1, -0.05) is 30.3 Å². The van der Waals surface area contributed by atoms with Gasteiger partial charge in [0.15, 0.2) is 0 Å². The molecule has 0 unspecified atom stereocenters. The highest BCUT2D eigenvalue weighted by molar-refractivity contribution is 6.16. The molecule has 0 aliphatic carbocycles. The third kappa shape index (κ3) is 2.63. The van der Waals surface area contributed by atoms with Crippen LogP contribution in [0.15, 0.2) is 48.5 Å². The molecule has 2 aromatic rings. The molecule has 0 fully saturated rings. The second-order valence-electron chi connectivity index (χ2n) is 3.68. The van der Waals surface area contributed by atoms with Gasteiger partial charge in [-0.3, -0.25) is 0 Å². The smallest absolute Gasteiger partial charge is 0.356 e. The number of carbonyl (C=O) groups is 1. The normalized spacial score (nSPS) is 9.89. The van der Waals surface area contributed by atoms with Gasteiger partial charge in [0.05, 0.1) is 12.7 Å². The summed E-state index contributed by atoms with van der Waals surface area (Å²) in [6.07, 6.45) is 0. The van der Waals surface area contributed by atoms with Gasteiger partial charge >= 0.3 is 5.97 Å². The monoisotopic (exact) mass is 262 g/mol. The zero-order valence-electron chi connectivity index (χ0n) is 9.72. The number of hydrogen-bond acceptors (Lipinski definition) is 3. The van der Waals surface area contributed by atoms with Gasteiger partial charge in [0.2, 0.25) is 0 Å². The van der Waals surface area contributed by atoms with E-state index in [9.17, 15) is 4.79 Å². The topological polar surface area (TPSA) is 35.5 Å². The Kier molecular flexibility index (Phi) is 3.85. The van der Waals surface area contributed by atoms with Gasteiger partial charge in [-0.2, -0.15) is 0 Å². The number of rotatable bonds is 3. The molecular weight excluding hydrogens is 252 g/mol. The van der Waals surface area contributed by atoms with E-state index >= 15 is 0 Å². The van der Waals surface area contributed by atoms with Crippen molar-refractivity contribution in [2.45, 2.75) is 0 Å². The number of ether oxygens (including phenoxy) is 1. The zero-order chi connectivity index (χ0) is 13.0. The molecule has 3 nitrogen and oxygen atoms in total. The van der Waals surface area contributed by atoms with Crippen molar-refractivity contribution in [3.8, 4) is 16.9 Å². The summed E-state index contributed by atoms with van der Waals surface area (Å²) in [7, 11) is 1.54. The fraction of sp³-hybridized carbons (Fsp3) is 0.0714. The molecule has 0 aliphatic heterocycles. The maximum absolute atomic E-state index is 11.5. The van der Waals surface area contributed by atoms with Gasteiger partial charge < -0.3 is 9.03 Å². The van der Waals surface area contributed by atoms with E-state index in [1.165, 1.54) is 0 Å². The lowest BCUT2D eigenvalue weighted by molar-refractivity contribution is 0.0751. The highest BCUT2D eigenvalue weighted by atomic mass is 35.5. The van der Waals surface area contributed by atoms with E-state index in [-0.39, 0.29) is 0 Å². The average Bonchev–Trinajstić information content (AvgIpc) is 2.46. The van der Waals surface area contributed by atoms with Crippen molar-refractivity contribution in [2.75, 3.05) is 7.11 Å². The molecule has 92 valence electrons. The van der Waals surface area contributed by atoms with E-state index in [1.54, 1.807) is 19.2 Å². The fourth-order valence-electron chi connectivity index (χ4n) is 1.68. The van der Waals surface area contributed by atoms with Crippen LogP contribution in [0.4, 0.5) is 0 Å². The Bertz CT molecular complexity index is 552. The largest absolute Gasteiger partial charge is 0.497 e. The van der Waals surface area contributed by atoms with Crippen molar-refractivity contribution in [3.05, 3.63) is 54.1 Å². The summed E-state index contributed by atoms with van der Waals surface area (Å²) < 4.78 is 9.37. The van der Waals surface area contributed by atoms with Crippen molar-refractivity contribution < 1.29 is 13.8 Å². The van der Waals surface area contributed by atoms with Gasteiger partial charge in [0, 0.05) is 0 Å². The lowest BCUT2D eigenvalue weighted by Crippen LogP contribution is -1.99. The van der Waals surface area contributed by atoms with Gasteiger partial charge in [0.25, 0.3) is 0 Å². The van der Waals surface area contributed by atoms with Crippen LogP contribution < -0.4 is 4.74 Å². The first-order chi connectivity index (χ1) is 8.74. The van der Waals surface area contributed by atoms with Gasteiger partial charge in [-0.15, -0.1) is 0 Å². The third-order valence-electron chi connectivity index (χ3n) is 2.56. The molecule has 2 aromatic carbocycles. The predicted octanol–water partition coefficient (Wildman–Crippen LogP) is 3.67. The lowest BCUT2D eigenvalue weighted by Gasteiger charge is -2.07. The van der Waals surface area contributed by atoms with Crippen LogP contribution in [0.1, 0.15) is 10.4 Å². The minimum absolute atomic E-state index is 0.350. The standard InChI is InChI=1S/C14H11ClO3/c1-17-13-8-11(10-5-3-2-4-6-10)7-12(9-13)14(16)18-15/h2-9H,1H3. The number of methoxy groups -OCH3 is 1. The first-order valence-electron chi connectivity index (χ1n) is 5.32. The predicted molar refractivity (Wildman–Crippen MR) is 69.7 cm³/mol. The Morgan fingerprint density at radius 3 is 2.39 bits per heavy atom. The summed E-state index contributed by atoms with van der Waals surface area (Å²) in [5, 5.41) is 0. The second kappa shape index (κ2) is 5.56. The highest BCUT2D eigenvalue weighted by Gasteiger charge is 2.11. The van der Waals surface area contributed by atoms with E-state index in [0.29, 0.717) is 11.3 Å². The first-order valence-corrected chi connectivity index (χ1v) is 5.63. The molecule has 4 heteroatoms. The van der Waals surface area contributed by atoms with E-state index in [1.807, 2.05) is 36.4 Å². The van der Waals surface area contributed by atoms with Crippen molar-refractivity contribution in [3.63, 3.8) is 0 Å². The Morgan fingerprint density at radius 2 is 1.78 bits per heavy atom. The van der Waals surface area contributed by atoms with Crippen molar-refractivity contribution in [1.82, 2.24) is 0 Å². The summed E-state index contributed by atoms with van der Waals surface area (Å²) in [6.45, 7) is 0. The maximum Gasteiger partial charge on any atom is 0.356 e. The van der Waals surface area contributed by atoms with Crippen LogP contribution in [-0.2, 0) is 4.29 Å². The zero-order valence-corrected chi connectivity index (χ0v) is 10.5. The van der Waals surface area contributed by atoms with Crippen LogP contribution in [0.3, 0.4) is 0 Å². The van der Waals surface area contributed by atoms with E-state index in [0.717, 1.165) is 11.1 Å². The minimum Gasteiger partial charge on any atom is -0.497 e. The molecule has 0 atom stereocenters. The van der Waals surface area contributed by atoms with Crippen LogP contribution in [0.25, 0.3) is 11.1 Å². The van der Waals surface area contributed by atoms with Gasteiger partial charge in [-0.05, 0) is 29.3 Å². The Hall–Kier alpha value is -2.00. The molecule has 0 radical (unpaired) electrons. The molecule has 2 rings (SSSR count). The Morgan fingerprint density at radius 1 is 1.06 bits per heavy atom. The summed E-state index contributed by atoms with van der Waals surface area (Å²) in [5.74, 6) is -0.0267. The summed E-state index contributed by atoms with van der Waals surface area (Å²) >= 11 is 5.09. The van der Waals surface area contributed by atoms with E-state index in [2.05, 4.69) is 4.29 Å². The molecule has 0 saturated carbocycles. The molecule has 0 heterocycles. The van der Waals surface area contributed by atoms with Gasteiger partial charge in [-0.25, -0.2) is 4.79 Å². The van der Waals surface area contributed by atoms with Crippen LogP contribution in [0, 0.1) is 0 Å². The van der Waals surface area contributed by atoms with Crippen LogP contribution in [0.5, 0.6) is 5.75 Å². The Balaban J connectivity index is 2.51. The van der Waals surface area contributed by atoms with Crippen molar-refractivity contribution in [1.29, 1.82) is 0 Å². The van der Waals surface area contributed by atoms with Crippen molar-refractivity contribution >= 4 is 17.8 Å². The van der Waals surface area contributed by atoms with Gasteiger partial charge in [0.1, 0.15) is 17.6 Å². The molecule has 0 aliphatic rings. The SMILES string of the molecule is COc1cc(C(=O)OCl)cc(-c2ccccc2)c1. The highest BCUT2D eigenvalue weighted by Crippen LogP contribution is 2.26. The molecule has 0 spiro atoms. The fourth-order valence-corrected chi connectivity index (χ4v) is 1.77. The average molecular weight is 263 g/mol. The van der Waals surface area contributed by atoms with Crippen LogP contribution in [-0.4, -0.2) is 13.1 Å². The Labute approximate surface area is 110 Å². The molecule has 18 heavy (non-hydrogen) atoms. The quantitative estimate of drug-likeness (QED) is 0.847. The number of halogens is 1. The number of benzene rings is 2. The third-order valence-corrected chi connectivity index (χ3v) is 2.70. The van der Waals surface area contributed by atoms with Crippen LogP contribution in [0.2, 0.25) is 0 Å². The molecule has 0 amide bonds. The molecule has 0 aromatic heterocycles. The summed E-state index contributed by atoms with van der Waals surface area (Å²) in [5.41, 5.74) is 2.20. The minimum atomic E-state index is -0.604. The van der Waals surface area contributed by atoms with Crippen LogP contribution >= 0.6 is 11.9 Å². The van der Waals surface area contributed by atoms with Crippen molar-refractivity contribution in [2.24, 2.45) is 0 Å². The molecule has 0 N–H and O–H groups in total. The lowest BCUT2D eigenvalue weighted by atomic mass is 10.0. The number of carbonyl (C=O) groups excluding carboxylic acids is 1. The maximum atomic E-state index is 11.5. The van der Waals surface area contributed by atoms with E-state index < -0.39 is 5.97 Å². The molecule has 0 bridgehead atoms. The molecular formula is C14H11ClO3. The number of hydrogen-bond donors (Lipinski definition) is 0. The first kappa shape index (κ1) is 12.5. The summed E-state index contributed by atoms with van der Waals surface area (Å²) in [4.78, 5) is 11.5. The molecule has 0 saturated heterocycles. The summed E-state index contributed by atoms with van der Waals surface area (Å²) in [6, 6.07) is 14.8.